The zero-order valence-corrected chi connectivity index (χ0v) is 15.4. The third kappa shape index (κ3) is 3.93. The fourth-order valence-electron chi connectivity index (χ4n) is 3.28. The van der Waals surface area contributed by atoms with Gasteiger partial charge in [0.15, 0.2) is 0 Å². The van der Waals surface area contributed by atoms with Crippen molar-refractivity contribution in [3.63, 3.8) is 0 Å². The first-order valence-electron chi connectivity index (χ1n) is 8.75. The van der Waals surface area contributed by atoms with Crippen molar-refractivity contribution >= 4 is 11.8 Å². The first-order chi connectivity index (χ1) is 12.8. The average molecular weight is 369 g/mol. The number of carbonyl (C=O) groups excluding carboxylic acids is 2. The molecular formula is C20H23N3O4. The second-order valence-electron chi connectivity index (χ2n) is 6.85. The molecule has 2 heterocycles. The number of hydrogen-bond donors (Lipinski definition) is 2. The summed E-state index contributed by atoms with van der Waals surface area (Å²) in [5, 5.41) is 10.6. The first-order valence-corrected chi connectivity index (χ1v) is 8.75. The molecule has 2 amide bonds. The zero-order chi connectivity index (χ0) is 19.6. The summed E-state index contributed by atoms with van der Waals surface area (Å²) in [7, 11) is 3.21. The van der Waals surface area contributed by atoms with Gasteiger partial charge in [-0.05, 0) is 24.5 Å². The molecule has 1 aliphatic rings. The van der Waals surface area contributed by atoms with Crippen molar-refractivity contribution in [3.8, 4) is 17.0 Å². The molecule has 142 valence electrons. The number of pyridine rings is 1. The van der Waals surface area contributed by atoms with Crippen LogP contribution in [-0.2, 0) is 11.2 Å². The molecule has 2 aromatic rings. The van der Waals surface area contributed by atoms with Gasteiger partial charge in [-0.2, -0.15) is 0 Å². The minimum Gasteiger partial charge on any atom is -0.497 e. The Kier molecular flexibility index (Phi) is 5.14. The van der Waals surface area contributed by atoms with Crippen LogP contribution < -0.4 is 10.5 Å². The number of aliphatic hydroxyl groups is 1. The van der Waals surface area contributed by atoms with Crippen molar-refractivity contribution in [1.29, 1.82) is 0 Å². The van der Waals surface area contributed by atoms with Crippen LogP contribution in [-0.4, -0.2) is 53.1 Å². The predicted octanol–water partition coefficient (Wildman–Crippen LogP) is 1.38. The summed E-state index contributed by atoms with van der Waals surface area (Å²) < 4.78 is 5.22. The number of primary amides is 1. The molecule has 7 heteroatoms. The lowest BCUT2D eigenvalue weighted by atomic mass is 9.92. The van der Waals surface area contributed by atoms with Gasteiger partial charge in [0.2, 0.25) is 0 Å². The van der Waals surface area contributed by atoms with E-state index in [9.17, 15) is 14.7 Å². The molecule has 1 saturated heterocycles. The van der Waals surface area contributed by atoms with Crippen LogP contribution in [0.5, 0.6) is 5.75 Å². The number of hydrogen-bond acceptors (Lipinski definition) is 5. The van der Waals surface area contributed by atoms with Crippen LogP contribution in [0.1, 0.15) is 28.9 Å². The van der Waals surface area contributed by atoms with Gasteiger partial charge in [-0.3, -0.25) is 9.59 Å². The van der Waals surface area contributed by atoms with Gasteiger partial charge in [-0.1, -0.05) is 18.2 Å². The van der Waals surface area contributed by atoms with E-state index in [0.717, 1.165) is 11.1 Å². The average Bonchev–Trinajstić information content (AvgIpc) is 2.94. The number of aryl methyl sites for hydroxylation is 1. The Hall–Kier alpha value is -2.93. The zero-order valence-electron chi connectivity index (χ0n) is 15.4. The molecule has 27 heavy (non-hydrogen) atoms. The lowest BCUT2D eigenvalue weighted by molar-refractivity contribution is -0.142. The molecule has 7 nitrogen and oxygen atoms in total. The van der Waals surface area contributed by atoms with Crippen LogP contribution in [0.4, 0.5) is 0 Å². The molecule has 0 spiro atoms. The Morgan fingerprint density at radius 1 is 1.37 bits per heavy atom. The van der Waals surface area contributed by atoms with Gasteiger partial charge in [-0.15, -0.1) is 0 Å². The van der Waals surface area contributed by atoms with E-state index in [4.69, 9.17) is 10.5 Å². The quantitative estimate of drug-likeness (QED) is 0.800. The maximum atomic E-state index is 12.1. The fourth-order valence-corrected chi connectivity index (χ4v) is 3.28. The highest BCUT2D eigenvalue weighted by Crippen LogP contribution is 2.28. The van der Waals surface area contributed by atoms with Crippen LogP contribution in [0, 0.1) is 0 Å². The van der Waals surface area contributed by atoms with Gasteiger partial charge < -0.3 is 20.5 Å². The predicted molar refractivity (Wildman–Crippen MR) is 100 cm³/mol. The van der Waals surface area contributed by atoms with E-state index in [2.05, 4.69) is 4.98 Å². The Morgan fingerprint density at radius 3 is 2.78 bits per heavy atom. The minimum absolute atomic E-state index is 0.128. The molecule has 0 saturated carbocycles. The maximum absolute atomic E-state index is 12.1. The molecule has 3 N–H and O–H groups in total. The van der Waals surface area contributed by atoms with Crippen LogP contribution >= 0.6 is 0 Å². The second-order valence-corrected chi connectivity index (χ2v) is 6.85. The van der Waals surface area contributed by atoms with Crippen LogP contribution in [0.25, 0.3) is 11.3 Å². The SMILES string of the molecule is COc1cc(C(N)=O)nc(-c2cccc(CC[C@@]3(O)CCN(C)C3=O)c2)c1. The number of ether oxygens (including phenoxy) is 1. The molecule has 0 unspecified atom stereocenters. The van der Waals surface area contributed by atoms with Crippen LogP contribution in [0.15, 0.2) is 36.4 Å². The number of benzene rings is 1. The molecule has 1 aromatic carbocycles. The minimum atomic E-state index is -1.29. The Morgan fingerprint density at radius 2 is 2.15 bits per heavy atom. The molecular weight excluding hydrogens is 346 g/mol. The number of rotatable bonds is 6. The number of nitrogens with zero attached hydrogens (tertiary/aromatic N) is 2. The standard InChI is InChI=1S/C20H23N3O4/c1-23-9-8-20(26,19(23)25)7-6-13-4-3-5-14(10-13)16-11-15(27-2)12-17(22-16)18(21)24/h3-5,10-12,26H,6-9H2,1-2H3,(H2,21,24)/t20-/m1/s1. The van der Waals surface area contributed by atoms with E-state index in [1.54, 1.807) is 18.0 Å². The molecule has 1 fully saturated rings. The fraction of sp³-hybridized carbons (Fsp3) is 0.350. The number of likely N-dealkylation sites (N-methyl/N-ethyl adjacent to an activating group) is 1. The molecule has 0 radical (unpaired) electrons. The number of carbonyl (C=O) groups is 2. The Labute approximate surface area is 157 Å². The number of likely N-dealkylation sites (tertiary alicyclic amines) is 1. The Balaban J connectivity index is 1.83. The molecule has 1 aromatic heterocycles. The van der Waals surface area contributed by atoms with E-state index in [1.165, 1.54) is 13.2 Å². The van der Waals surface area contributed by atoms with Crippen molar-refractivity contribution in [2.45, 2.75) is 24.9 Å². The summed E-state index contributed by atoms with van der Waals surface area (Å²) >= 11 is 0. The van der Waals surface area contributed by atoms with E-state index in [0.29, 0.717) is 37.3 Å². The van der Waals surface area contributed by atoms with Crippen molar-refractivity contribution in [3.05, 3.63) is 47.7 Å². The van der Waals surface area contributed by atoms with Gasteiger partial charge in [-0.25, -0.2) is 4.98 Å². The highest BCUT2D eigenvalue weighted by atomic mass is 16.5. The van der Waals surface area contributed by atoms with E-state index in [-0.39, 0.29) is 11.6 Å². The number of amides is 2. The third-order valence-corrected chi connectivity index (χ3v) is 4.94. The van der Waals surface area contributed by atoms with Crippen molar-refractivity contribution in [2.75, 3.05) is 20.7 Å². The van der Waals surface area contributed by atoms with Gasteiger partial charge in [0.25, 0.3) is 11.8 Å². The number of methoxy groups -OCH3 is 1. The summed E-state index contributed by atoms with van der Waals surface area (Å²) in [6.45, 7) is 0.568. The van der Waals surface area contributed by atoms with E-state index in [1.807, 2.05) is 24.3 Å². The van der Waals surface area contributed by atoms with Crippen molar-refractivity contribution in [2.24, 2.45) is 5.73 Å². The second kappa shape index (κ2) is 7.36. The van der Waals surface area contributed by atoms with Gasteiger partial charge >= 0.3 is 0 Å². The summed E-state index contributed by atoms with van der Waals surface area (Å²) in [4.78, 5) is 29.5. The summed E-state index contributed by atoms with van der Waals surface area (Å²) in [6, 6.07) is 10.8. The largest absolute Gasteiger partial charge is 0.497 e. The lowest BCUT2D eigenvalue weighted by Crippen LogP contribution is -2.38. The molecule has 0 aliphatic carbocycles. The number of aromatic nitrogens is 1. The lowest BCUT2D eigenvalue weighted by Gasteiger charge is -2.20. The number of nitrogens with two attached hydrogens (primary N) is 1. The van der Waals surface area contributed by atoms with E-state index < -0.39 is 11.5 Å². The summed E-state index contributed by atoms with van der Waals surface area (Å²) in [6.07, 6.45) is 1.36. The van der Waals surface area contributed by atoms with Crippen LogP contribution in [0.3, 0.4) is 0 Å². The summed E-state index contributed by atoms with van der Waals surface area (Å²) in [5.74, 6) is -0.357. The highest BCUT2D eigenvalue weighted by Gasteiger charge is 2.42. The van der Waals surface area contributed by atoms with E-state index >= 15 is 0 Å². The molecule has 3 rings (SSSR count). The third-order valence-electron chi connectivity index (χ3n) is 4.94. The maximum Gasteiger partial charge on any atom is 0.267 e. The Bertz CT molecular complexity index is 883. The monoisotopic (exact) mass is 369 g/mol. The molecule has 1 atom stereocenters. The van der Waals surface area contributed by atoms with Crippen LogP contribution in [0.2, 0.25) is 0 Å². The normalized spacial score (nSPS) is 19.4. The molecule has 1 aliphatic heterocycles. The smallest absolute Gasteiger partial charge is 0.267 e. The van der Waals surface area contributed by atoms with Crippen molar-refractivity contribution < 1.29 is 19.4 Å². The van der Waals surface area contributed by atoms with Gasteiger partial charge in [0.1, 0.15) is 17.0 Å². The summed E-state index contributed by atoms with van der Waals surface area (Å²) in [5.41, 5.74) is 6.52. The topological polar surface area (TPSA) is 106 Å². The van der Waals surface area contributed by atoms with Gasteiger partial charge in [0.05, 0.1) is 12.8 Å². The van der Waals surface area contributed by atoms with Gasteiger partial charge in [0, 0.05) is 37.7 Å². The van der Waals surface area contributed by atoms with Crippen molar-refractivity contribution in [1.82, 2.24) is 9.88 Å². The highest BCUT2D eigenvalue weighted by molar-refractivity contribution is 5.92. The molecule has 0 bridgehead atoms. The first kappa shape index (κ1) is 18.8.